The van der Waals surface area contributed by atoms with Gasteiger partial charge in [-0.25, -0.2) is 4.79 Å². The number of hydrogen-bond donors (Lipinski definition) is 3. The average molecular weight is 612 g/mol. The Kier molecular flexibility index (Phi) is 9.26. The van der Waals surface area contributed by atoms with Crippen LogP contribution in [-0.2, 0) is 17.7 Å². The van der Waals surface area contributed by atoms with Crippen LogP contribution in [0.15, 0.2) is 78.9 Å². The molecule has 3 aromatic carbocycles. The fourth-order valence-corrected chi connectivity index (χ4v) is 7.44. The molecule has 0 radical (unpaired) electrons. The average Bonchev–Trinajstić information content (AvgIpc) is 3.43. The van der Waals surface area contributed by atoms with Gasteiger partial charge in [0, 0.05) is 36.7 Å². The molecule has 228 valence electrons. The highest BCUT2D eigenvalue weighted by Crippen LogP contribution is 2.43. The van der Waals surface area contributed by atoms with Gasteiger partial charge in [-0.2, -0.15) is 0 Å². The van der Waals surface area contributed by atoms with Crippen LogP contribution >= 0.6 is 11.3 Å². The lowest BCUT2D eigenvalue weighted by Crippen LogP contribution is -2.41. The molecule has 1 amide bonds. The molecule has 1 saturated heterocycles. The first-order chi connectivity index (χ1) is 21.5. The molecule has 0 aliphatic carbocycles. The Morgan fingerprint density at radius 2 is 1.75 bits per heavy atom. The summed E-state index contributed by atoms with van der Waals surface area (Å²) in [5.41, 5.74) is 5.02. The highest BCUT2D eigenvalue weighted by atomic mass is 32.1. The number of fused-ring (bicyclic) bond motifs is 1. The zero-order valence-corrected chi connectivity index (χ0v) is 25.6. The number of anilines is 1. The van der Waals surface area contributed by atoms with Crippen molar-refractivity contribution in [2.45, 2.75) is 44.5 Å². The third-order valence-electron chi connectivity index (χ3n) is 8.37. The van der Waals surface area contributed by atoms with Gasteiger partial charge in [0.2, 0.25) is 0 Å². The number of carboxylic acids is 1. The maximum atomic E-state index is 13.4. The molecule has 8 nitrogen and oxygen atoms in total. The van der Waals surface area contributed by atoms with Crippen molar-refractivity contribution in [2.75, 3.05) is 32.1 Å². The lowest BCUT2D eigenvalue weighted by atomic mass is 9.96. The van der Waals surface area contributed by atoms with Crippen molar-refractivity contribution in [3.8, 4) is 16.9 Å². The second-order valence-electron chi connectivity index (χ2n) is 11.2. The molecular weight excluding hydrogens is 574 g/mol. The Morgan fingerprint density at radius 3 is 2.43 bits per heavy atom. The van der Waals surface area contributed by atoms with Gasteiger partial charge in [-0.1, -0.05) is 54.6 Å². The second kappa shape index (κ2) is 13.6. The Hall–Kier alpha value is -4.18. The quantitative estimate of drug-likeness (QED) is 0.186. The monoisotopic (exact) mass is 611 g/mol. The van der Waals surface area contributed by atoms with Crippen LogP contribution in [-0.4, -0.2) is 54.9 Å². The molecule has 1 fully saturated rings. The van der Waals surface area contributed by atoms with E-state index < -0.39 is 5.97 Å². The molecule has 3 N–H and O–H groups in total. The number of nitrogens with zero attached hydrogens (tertiary/aromatic N) is 1. The van der Waals surface area contributed by atoms with E-state index in [1.807, 2.05) is 78.9 Å². The Labute approximate surface area is 261 Å². The van der Waals surface area contributed by atoms with Crippen LogP contribution in [0.5, 0.6) is 5.75 Å². The van der Waals surface area contributed by atoms with Gasteiger partial charge in [0.15, 0.2) is 0 Å². The minimum absolute atomic E-state index is 0.162. The standard InChI is InChI=1S/C35H37N3O5S/c1-42-27-16-10-23(11-17-27)22-38-19-18-28-31(35(40)41)34(37-30-9-5-6-20-43-30)44-32(28)29(38)21-36-33(39)26-14-12-25(13-15-26)24-7-3-2-4-8-24/h2-4,7-8,10-17,29-30,37H,5-6,9,18-22H2,1H3,(H,36,39)(H,40,41). The minimum Gasteiger partial charge on any atom is -0.497 e. The van der Waals surface area contributed by atoms with E-state index in [1.165, 1.54) is 11.3 Å². The number of rotatable bonds is 10. The van der Waals surface area contributed by atoms with Crippen molar-refractivity contribution < 1.29 is 24.2 Å². The topological polar surface area (TPSA) is 100 Å². The van der Waals surface area contributed by atoms with Crippen molar-refractivity contribution in [2.24, 2.45) is 0 Å². The van der Waals surface area contributed by atoms with E-state index in [4.69, 9.17) is 9.47 Å². The first kappa shape index (κ1) is 29.9. The molecule has 0 bridgehead atoms. The van der Waals surface area contributed by atoms with Crippen molar-refractivity contribution in [1.82, 2.24) is 10.2 Å². The number of nitrogens with one attached hydrogen (secondary N) is 2. The maximum absolute atomic E-state index is 13.4. The van der Waals surface area contributed by atoms with Crippen LogP contribution in [0.4, 0.5) is 5.00 Å². The second-order valence-corrected chi connectivity index (χ2v) is 12.2. The molecule has 2 atom stereocenters. The summed E-state index contributed by atoms with van der Waals surface area (Å²) in [6.07, 6.45) is 3.31. The molecule has 6 rings (SSSR count). The summed E-state index contributed by atoms with van der Waals surface area (Å²) in [6.45, 7) is 2.34. The first-order valence-electron chi connectivity index (χ1n) is 15.1. The van der Waals surface area contributed by atoms with E-state index >= 15 is 0 Å². The van der Waals surface area contributed by atoms with Crippen LogP contribution in [0.25, 0.3) is 11.1 Å². The molecule has 2 aliphatic heterocycles. The van der Waals surface area contributed by atoms with E-state index in [2.05, 4.69) is 15.5 Å². The molecule has 9 heteroatoms. The van der Waals surface area contributed by atoms with Gasteiger partial charge in [-0.3, -0.25) is 9.69 Å². The molecule has 4 aromatic rings. The summed E-state index contributed by atoms with van der Waals surface area (Å²) >= 11 is 1.47. The van der Waals surface area contributed by atoms with Crippen LogP contribution < -0.4 is 15.4 Å². The molecule has 2 aliphatic rings. The third kappa shape index (κ3) is 6.65. The third-order valence-corrected chi connectivity index (χ3v) is 9.64. The van der Waals surface area contributed by atoms with E-state index in [0.29, 0.717) is 48.8 Å². The number of carbonyl (C=O) groups excluding carboxylic acids is 1. The number of hydrogen-bond acceptors (Lipinski definition) is 7. The summed E-state index contributed by atoms with van der Waals surface area (Å²) in [7, 11) is 1.65. The molecule has 1 aromatic heterocycles. The summed E-state index contributed by atoms with van der Waals surface area (Å²) in [5.74, 6) is -0.308. The Bertz CT molecular complexity index is 1580. The molecular formula is C35H37N3O5S. The van der Waals surface area contributed by atoms with E-state index in [9.17, 15) is 14.7 Å². The number of ether oxygens (including phenoxy) is 2. The number of aromatic carboxylic acids is 1. The van der Waals surface area contributed by atoms with Gasteiger partial charge in [0.1, 0.15) is 17.0 Å². The Morgan fingerprint density at radius 1 is 1.00 bits per heavy atom. The maximum Gasteiger partial charge on any atom is 0.338 e. The smallest absolute Gasteiger partial charge is 0.338 e. The highest BCUT2D eigenvalue weighted by Gasteiger charge is 2.35. The Balaban J connectivity index is 1.26. The SMILES string of the molecule is COc1ccc(CN2CCc3c(sc(NC4CCCCO4)c3C(=O)O)C2CNC(=O)c2ccc(-c3ccccc3)cc2)cc1. The lowest BCUT2D eigenvalue weighted by molar-refractivity contribution is 0.0344. The number of carbonyl (C=O) groups is 2. The van der Waals surface area contributed by atoms with E-state index in [-0.39, 0.29) is 18.2 Å². The minimum atomic E-state index is -0.939. The van der Waals surface area contributed by atoms with Gasteiger partial charge in [0.05, 0.1) is 18.7 Å². The number of thiophene rings is 1. The van der Waals surface area contributed by atoms with Crippen molar-refractivity contribution in [3.63, 3.8) is 0 Å². The number of amides is 1. The zero-order chi connectivity index (χ0) is 30.5. The van der Waals surface area contributed by atoms with Crippen LogP contribution in [0.2, 0.25) is 0 Å². The molecule has 0 saturated carbocycles. The van der Waals surface area contributed by atoms with Crippen molar-refractivity contribution in [3.05, 3.63) is 106 Å². The lowest BCUT2D eigenvalue weighted by Gasteiger charge is -2.36. The predicted octanol–water partition coefficient (Wildman–Crippen LogP) is 6.59. The van der Waals surface area contributed by atoms with Gasteiger partial charge in [-0.15, -0.1) is 11.3 Å². The number of carboxylic acid groups (broad SMARTS) is 1. The molecule has 0 spiro atoms. The normalized spacial score (nSPS) is 18.3. The van der Waals surface area contributed by atoms with E-state index in [0.717, 1.165) is 52.1 Å². The summed E-state index contributed by atoms with van der Waals surface area (Å²) in [4.78, 5) is 29.2. The molecule has 2 unspecified atom stereocenters. The molecule has 44 heavy (non-hydrogen) atoms. The predicted molar refractivity (Wildman–Crippen MR) is 173 cm³/mol. The zero-order valence-electron chi connectivity index (χ0n) is 24.8. The van der Waals surface area contributed by atoms with Gasteiger partial charge in [-0.05, 0) is 72.2 Å². The fourth-order valence-electron chi connectivity index (χ4n) is 6.02. The summed E-state index contributed by atoms with van der Waals surface area (Å²) < 4.78 is 11.2. The van der Waals surface area contributed by atoms with Crippen molar-refractivity contribution in [1.29, 1.82) is 0 Å². The first-order valence-corrected chi connectivity index (χ1v) is 15.9. The largest absolute Gasteiger partial charge is 0.497 e. The van der Waals surface area contributed by atoms with Gasteiger partial charge in [0.25, 0.3) is 5.91 Å². The van der Waals surface area contributed by atoms with Gasteiger partial charge >= 0.3 is 5.97 Å². The van der Waals surface area contributed by atoms with Crippen LogP contribution in [0.1, 0.15) is 62.0 Å². The number of methoxy groups -OCH3 is 1. The van der Waals surface area contributed by atoms with E-state index in [1.54, 1.807) is 7.11 Å². The summed E-state index contributed by atoms with van der Waals surface area (Å²) in [6, 6.07) is 25.5. The fraction of sp³-hybridized carbons (Fsp3) is 0.314. The van der Waals surface area contributed by atoms with Crippen LogP contribution in [0, 0.1) is 0 Å². The van der Waals surface area contributed by atoms with Crippen LogP contribution in [0.3, 0.4) is 0 Å². The summed E-state index contributed by atoms with van der Waals surface area (Å²) in [5, 5.41) is 17.5. The number of benzene rings is 3. The molecule has 3 heterocycles. The van der Waals surface area contributed by atoms with Gasteiger partial charge < -0.3 is 25.2 Å². The van der Waals surface area contributed by atoms with Crippen molar-refractivity contribution >= 4 is 28.2 Å². The highest BCUT2D eigenvalue weighted by molar-refractivity contribution is 7.16.